The van der Waals surface area contributed by atoms with Gasteiger partial charge >= 0.3 is 0 Å². The molecule has 7 heteroatoms. The number of nitrogens with zero attached hydrogens (tertiary/aromatic N) is 2. The van der Waals surface area contributed by atoms with Crippen LogP contribution in [-0.2, 0) is 0 Å². The molecule has 0 bridgehead atoms. The van der Waals surface area contributed by atoms with Crippen LogP contribution in [0.25, 0.3) is 5.69 Å². The fourth-order valence-electron chi connectivity index (χ4n) is 1.54. The van der Waals surface area contributed by atoms with E-state index in [1.165, 1.54) is 4.57 Å². The Labute approximate surface area is 107 Å². The highest BCUT2D eigenvalue weighted by Gasteiger charge is 2.09. The molecule has 0 aliphatic heterocycles. The lowest BCUT2D eigenvalue weighted by molar-refractivity contribution is 0.955. The number of benzene rings is 1. The lowest BCUT2D eigenvalue weighted by Gasteiger charge is -2.11. The Morgan fingerprint density at radius 2 is 2.11 bits per heavy atom. The maximum atomic E-state index is 11.4. The fraction of sp³-hybridized carbons (Fsp3) is 0. The van der Waals surface area contributed by atoms with E-state index in [2.05, 4.69) is 4.98 Å². The van der Waals surface area contributed by atoms with Gasteiger partial charge in [0.2, 0.25) is 0 Å². The molecule has 0 atom stereocenters. The Morgan fingerprint density at radius 1 is 1.39 bits per heavy atom. The van der Waals surface area contributed by atoms with Crippen LogP contribution in [0.2, 0.25) is 0 Å². The number of hydrogen-bond acceptors (Lipinski definition) is 5. The third-order valence-corrected chi connectivity index (χ3v) is 2.70. The van der Waals surface area contributed by atoms with Crippen LogP contribution in [-0.4, -0.2) is 9.55 Å². The standard InChI is InChI=1S/C11H9N5OS/c12-5-6-2-1-3-7(4-6)16-9(14)8(13)10(17)15-11(16)18/h1-4H,13-14H2,(H,15,17,18). The van der Waals surface area contributed by atoms with Crippen molar-refractivity contribution in [1.82, 2.24) is 9.55 Å². The smallest absolute Gasteiger partial charge is 0.277 e. The molecule has 90 valence electrons. The normalized spacial score (nSPS) is 9.94. The summed E-state index contributed by atoms with van der Waals surface area (Å²) < 4.78 is 1.54. The van der Waals surface area contributed by atoms with Gasteiger partial charge in [0.05, 0.1) is 17.3 Å². The minimum absolute atomic E-state index is 0.0545. The number of rotatable bonds is 1. The first-order valence-electron chi connectivity index (χ1n) is 4.95. The molecule has 18 heavy (non-hydrogen) atoms. The van der Waals surface area contributed by atoms with Gasteiger partial charge in [-0.05, 0) is 30.4 Å². The Bertz CT molecular complexity index is 768. The van der Waals surface area contributed by atoms with Gasteiger partial charge in [0.15, 0.2) is 4.77 Å². The van der Waals surface area contributed by atoms with Crippen LogP contribution in [0.5, 0.6) is 0 Å². The van der Waals surface area contributed by atoms with E-state index in [4.69, 9.17) is 28.9 Å². The lowest BCUT2D eigenvalue weighted by Crippen LogP contribution is -2.20. The van der Waals surface area contributed by atoms with Crippen LogP contribution >= 0.6 is 12.2 Å². The van der Waals surface area contributed by atoms with Crippen molar-refractivity contribution in [1.29, 1.82) is 5.26 Å². The number of hydrogen-bond donors (Lipinski definition) is 3. The van der Waals surface area contributed by atoms with Crippen molar-refractivity contribution >= 4 is 23.7 Å². The minimum atomic E-state index is -0.523. The van der Waals surface area contributed by atoms with Crippen LogP contribution in [0.3, 0.4) is 0 Å². The number of aromatic nitrogens is 2. The van der Waals surface area contributed by atoms with E-state index in [1.54, 1.807) is 24.3 Å². The Balaban J connectivity index is 2.80. The van der Waals surface area contributed by atoms with Gasteiger partial charge in [-0.15, -0.1) is 0 Å². The van der Waals surface area contributed by atoms with Crippen molar-refractivity contribution in [2.24, 2.45) is 0 Å². The number of anilines is 2. The highest BCUT2D eigenvalue weighted by molar-refractivity contribution is 7.71. The second-order valence-electron chi connectivity index (χ2n) is 3.56. The molecule has 5 N–H and O–H groups in total. The van der Waals surface area contributed by atoms with Crippen LogP contribution in [0.4, 0.5) is 11.5 Å². The Hall–Kier alpha value is -2.59. The first-order valence-corrected chi connectivity index (χ1v) is 5.36. The molecular weight excluding hydrogens is 250 g/mol. The number of nitrogens with one attached hydrogen (secondary N) is 1. The van der Waals surface area contributed by atoms with Gasteiger partial charge in [0, 0.05) is 0 Å². The highest BCUT2D eigenvalue weighted by Crippen LogP contribution is 2.17. The lowest BCUT2D eigenvalue weighted by atomic mass is 10.2. The zero-order valence-corrected chi connectivity index (χ0v) is 9.99. The van der Waals surface area contributed by atoms with E-state index < -0.39 is 5.56 Å². The predicted molar refractivity (Wildman–Crippen MR) is 70.8 cm³/mol. The Morgan fingerprint density at radius 3 is 2.78 bits per heavy atom. The number of nitriles is 1. The zero-order chi connectivity index (χ0) is 13.3. The van der Waals surface area contributed by atoms with Crippen molar-refractivity contribution in [3.05, 3.63) is 45.0 Å². The van der Waals surface area contributed by atoms with Crippen molar-refractivity contribution < 1.29 is 0 Å². The molecule has 1 heterocycles. The van der Waals surface area contributed by atoms with E-state index >= 15 is 0 Å². The maximum absolute atomic E-state index is 11.4. The van der Waals surface area contributed by atoms with Crippen LogP contribution in [0, 0.1) is 16.1 Å². The molecular formula is C11H9N5OS. The van der Waals surface area contributed by atoms with Gasteiger partial charge in [-0.2, -0.15) is 5.26 Å². The summed E-state index contributed by atoms with van der Waals surface area (Å²) in [7, 11) is 0. The summed E-state index contributed by atoms with van der Waals surface area (Å²) in [6, 6.07) is 8.67. The van der Waals surface area contributed by atoms with Crippen LogP contribution in [0.1, 0.15) is 5.56 Å². The van der Waals surface area contributed by atoms with Crippen LogP contribution in [0.15, 0.2) is 29.1 Å². The van der Waals surface area contributed by atoms with Crippen LogP contribution < -0.4 is 17.0 Å². The summed E-state index contributed by atoms with van der Waals surface area (Å²) in [4.78, 5) is 13.8. The third kappa shape index (κ3) is 1.85. The predicted octanol–water partition coefficient (Wildman–Crippen LogP) is 0.931. The van der Waals surface area contributed by atoms with E-state index in [1.807, 2.05) is 6.07 Å². The summed E-state index contributed by atoms with van der Waals surface area (Å²) >= 11 is 5.04. The van der Waals surface area contributed by atoms with Crippen molar-refractivity contribution in [3.8, 4) is 11.8 Å². The largest absolute Gasteiger partial charge is 0.391 e. The number of nitrogen functional groups attached to an aromatic ring is 2. The summed E-state index contributed by atoms with van der Waals surface area (Å²) in [6.45, 7) is 0. The minimum Gasteiger partial charge on any atom is -0.391 e. The quantitative estimate of drug-likeness (QED) is 0.659. The zero-order valence-electron chi connectivity index (χ0n) is 9.18. The first kappa shape index (κ1) is 11.9. The second-order valence-corrected chi connectivity index (χ2v) is 3.94. The molecule has 0 amide bonds. The molecule has 0 radical (unpaired) electrons. The molecule has 0 aliphatic carbocycles. The average Bonchev–Trinajstić information content (AvgIpc) is 2.36. The highest BCUT2D eigenvalue weighted by atomic mass is 32.1. The molecule has 6 nitrogen and oxygen atoms in total. The Kier molecular flexibility index (Phi) is 2.87. The third-order valence-electron chi connectivity index (χ3n) is 2.42. The van der Waals surface area contributed by atoms with E-state index in [-0.39, 0.29) is 16.3 Å². The maximum Gasteiger partial charge on any atom is 0.277 e. The van der Waals surface area contributed by atoms with Gasteiger partial charge < -0.3 is 11.5 Å². The molecule has 0 saturated carbocycles. The van der Waals surface area contributed by atoms with Gasteiger partial charge in [0.25, 0.3) is 5.56 Å². The SMILES string of the molecule is N#Cc1cccc(-n2c(N)c(N)c(=O)[nH]c2=S)c1. The number of H-pyrrole nitrogens is 1. The summed E-state index contributed by atoms with van der Waals surface area (Å²) in [5, 5.41) is 8.85. The summed E-state index contributed by atoms with van der Waals surface area (Å²) in [5.74, 6) is 0.0545. The van der Waals surface area contributed by atoms with Crippen molar-refractivity contribution in [2.75, 3.05) is 11.5 Å². The molecule has 1 aromatic heterocycles. The monoisotopic (exact) mass is 259 g/mol. The summed E-state index contributed by atoms with van der Waals surface area (Å²) in [6.07, 6.45) is 0. The second kappa shape index (κ2) is 4.35. The molecule has 1 aromatic carbocycles. The van der Waals surface area contributed by atoms with E-state index in [9.17, 15) is 4.79 Å². The fourth-order valence-corrected chi connectivity index (χ4v) is 1.83. The van der Waals surface area contributed by atoms with E-state index in [0.29, 0.717) is 11.3 Å². The number of aromatic amines is 1. The first-order chi connectivity index (χ1) is 8.54. The topological polar surface area (TPSA) is 114 Å². The molecule has 0 saturated heterocycles. The molecule has 0 spiro atoms. The molecule has 2 aromatic rings. The average molecular weight is 259 g/mol. The molecule has 2 rings (SSSR count). The molecule has 0 fully saturated rings. The van der Waals surface area contributed by atoms with Gasteiger partial charge in [-0.25, -0.2) is 0 Å². The van der Waals surface area contributed by atoms with Gasteiger partial charge in [0.1, 0.15) is 11.5 Å². The number of nitrogens with two attached hydrogens (primary N) is 2. The van der Waals surface area contributed by atoms with E-state index in [0.717, 1.165) is 0 Å². The van der Waals surface area contributed by atoms with Crippen molar-refractivity contribution in [3.63, 3.8) is 0 Å². The summed E-state index contributed by atoms with van der Waals surface area (Å²) in [5.41, 5.74) is 11.7. The van der Waals surface area contributed by atoms with Gasteiger partial charge in [-0.3, -0.25) is 14.3 Å². The van der Waals surface area contributed by atoms with Crippen molar-refractivity contribution in [2.45, 2.75) is 0 Å². The van der Waals surface area contributed by atoms with Gasteiger partial charge in [-0.1, -0.05) is 6.07 Å². The molecule has 0 aliphatic rings. The molecule has 0 unspecified atom stereocenters.